The van der Waals surface area contributed by atoms with Crippen molar-refractivity contribution in [3.05, 3.63) is 113 Å². The summed E-state index contributed by atoms with van der Waals surface area (Å²) in [6, 6.07) is 23.5. The number of nitrogens with zero attached hydrogens (tertiary/aromatic N) is 5. The van der Waals surface area contributed by atoms with E-state index in [9.17, 15) is 16.8 Å². The van der Waals surface area contributed by atoms with E-state index in [4.69, 9.17) is 9.97 Å². The molecule has 0 unspecified atom stereocenters. The van der Waals surface area contributed by atoms with Crippen molar-refractivity contribution in [1.82, 2.24) is 19.9 Å². The topological polar surface area (TPSA) is 113 Å². The van der Waals surface area contributed by atoms with Crippen molar-refractivity contribution in [3.63, 3.8) is 0 Å². The van der Waals surface area contributed by atoms with Gasteiger partial charge in [0.1, 0.15) is 21.5 Å². The number of sulfone groups is 2. The van der Waals surface area contributed by atoms with Crippen molar-refractivity contribution in [2.75, 3.05) is 55.4 Å². The second-order valence-electron chi connectivity index (χ2n) is 12.5. The summed E-state index contributed by atoms with van der Waals surface area (Å²) < 4.78 is 64.2. The van der Waals surface area contributed by atoms with Gasteiger partial charge in [-0.3, -0.25) is 4.90 Å². The smallest absolute Gasteiger partial charge is 0.178 e. The van der Waals surface area contributed by atoms with E-state index in [1.807, 2.05) is 41.3 Å². The summed E-state index contributed by atoms with van der Waals surface area (Å²) in [5.41, 5.74) is 4.60. The second kappa shape index (κ2) is 15.5. The van der Waals surface area contributed by atoms with Crippen LogP contribution in [0, 0.1) is 5.82 Å². The first-order chi connectivity index (χ1) is 24.0. The maximum absolute atomic E-state index is 15.4. The lowest BCUT2D eigenvalue weighted by Gasteiger charge is -2.36. The van der Waals surface area contributed by atoms with E-state index in [0.29, 0.717) is 62.0 Å². The average molecular weight is 734 g/mol. The van der Waals surface area contributed by atoms with E-state index < -0.39 is 19.7 Å². The van der Waals surface area contributed by atoms with Gasteiger partial charge in [0, 0.05) is 57.2 Å². The van der Waals surface area contributed by atoms with Crippen molar-refractivity contribution >= 4 is 36.7 Å². The Morgan fingerprint density at radius 1 is 0.840 bits per heavy atom. The normalized spacial score (nSPS) is 14.3. The molecule has 1 fully saturated rings. The molecule has 9 nitrogen and oxygen atoms in total. The monoisotopic (exact) mass is 733 g/mol. The Hall–Kier alpha value is -4.04. The molecule has 0 atom stereocenters. The third-order valence-corrected chi connectivity index (χ3v) is 12.6. The number of hydrogen-bond acceptors (Lipinski definition) is 10. The Morgan fingerprint density at radius 3 is 2.34 bits per heavy atom. The lowest BCUT2D eigenvalue weighted by Crippen LogP contribution is -2.47. The molecule has 3 heterocycles. The molecule has 0 amide bonds. The van der Waals surface area contributed by atoms with Gasteiger partial charge in [-0.1, -0.05) is 49.4 Å². The average Bonchev–Trinajstić information content (AvgIpc) is 3.56. The van der Waals surface area contributed by atoms with E-state index >= 15 is 4.39 Å². The van der Waals surface area contributed by atoms with Crippen LogP contribution in [0.3, 0.4) is 0 Å². The van der Waals surface area contributed by atoms with Gasteiger partial charge in [0.25, 0.3) is 0 Å². The summed E-state index contributed by atoms with van der Waals surface area (Å²) >= 11 is 1.57. The molecule has 0 aliphatic carbocycles. The van der Waals surface area contributed by atoms with Gasteiger partial charge >= 0.3 is 0 Å². The van der Waals surface area contributed by atoms with Gasteiger partial charge < -0.3 is 4.90 Å². The van der Waals surface area contributed by atoms with Crippen LogP contribution in [0.15, 0.2) is 90.0 Å². The highest BCUT2D eigenvalue weighted by atomic mass is 32.2. The van der Waals surface area contributed by atoms with E-state index in [1.165, 1.54) is 12.3 Å². The highest BCUT2D eigenvalue weighted by Gasteiger charge is 2.22. The summed E-state index contributed by atoms with van der Waals surface area (Å²) in [6.45, 7) is 5.15. The van der Waals surface area contributed by atoms with Crippen molar-refractivity contribution < 1.29 is 21.2 Å². The highest BCUT2D eigenvalue weighted by Crippen LogP contribution is 2.37. The fourth-order valence-electron chi connectivity index (χ4n) is 5.97. The predicted octanol–water partition coefficient (Wildman–Crippen LogP) is 5.74. The third-order valence-electron chi connectivity index (χ3n) is 8.74. The zero-order valence-corrected chi connectivity index (χ0v) is 30.6. The highest BCUT2D eigenvalue weighted by molar-refractivity contribution is 7.91. The van der Waals surface area contributed by atoms with Gasteiger partial charge in [-0.15, -0.1) is 11.3 Å². The van der Waals surface area contributed by atoms with Gasteiger partial charge in [-0.05, 0) is 60.4 Å². The number of halogens is 1. The molecule has 0 saturated carbocycles. The molecule has 50 heavy (non-hydrogen) atoms. The summed E-state index contributed by atoms with van der Waals surface area (Å²) in [6.07, 6.45) is 4.44. The zero-order valence-electron chi connectivity index (χ0n) is 28.1. The number of aromatic nitrogens is 3. The Labute approximate surface area is 297 Å². The molecule has 2 aromatic heterocycles. The lowest BCUT2D eigenvalue weighted by atomic mass is 10.0. The molecule has 0 radical (unpaired) electrons. The van der Waals surface area contributed by atoms with E-state index in [0.717, 1.165) is 44.4 Å². The largest absolute Gasteiger partial charge is 0.367 e. The van der Waals surface area contributed by atoms with Crippen LogP contribution < -0.4 is 4.90 Å². The van der Waals surface area contributed by atoms with Gasteiger partial charge in [0.2, 0.25) is 0 Å². The molecule has 262 valence electrons. The molecule has 13 heteroatoms. The second-order valence-corrected chi connectivity index (χ2v) is 18.0. The number of hydrogen-bond donors (Lipinski definition) is 0. The van der Waals surface area contributed by atoms with Crippen LogP contribution in [0.1, 0.15) is 28.9 Å². The van der Waals surface area contributed by atoms with E-state index in [-0.39, 0.29) is 17.3 Å². The Balaban J connectivity index is 1.16. The number of rotatable bonds is 13. The molecule has 0 spiro atoms. The first-order valence-corrected chi connectivity index (χ1v) is 21.1. The standard InChI is InChI=1S/C37H40FN5O4S3/c1-3-35-41-36(29-9-7-8-27(24-29)15-22-50(46,47)30-10-5-4-6-11-30)37(48-35)32-14-16-39-34(40-32)26-28-12-13-33(31(38)25-28)43-19-17-42(18-20-43)21-23-49(2,44)45/h4-14,16,24-25H,3,15,17-23,26H2,1-2H3. The van der Waals surface area contributed by atoms with E-state index in [2.05, 4.69) is 16.8 Å². The molecule has 3 aromatic carbocycles. The molecule has 0 N–H and O–H groups in total. The number of aryl methyl sites for hydroxylation is 2. The van der Waals surface area contributed by atoms with Crippen LogP contribution >= 0.6 is 11.3 Å². The Kier molecular flexibility index (Phi) is 11.1. The van der Waals surface area contributed by atoms with Crippen LogP contribution in [-0.4, -0.2) is 87.2 Å². The quantitative estimate of drug-likeness (QED) is 0.150. The molecular formula is C37H40FN5O4S3. The molecule has 1 aliphatic heterocycles. The number of benzene rings is 3. The number of thiazole rings is 1. The Bertz CT molecular complexity index is 2170. The Morgan fingerprint density at radius 2 is 1.62 bits per heavy atom. The maximum Gasteiger partial charge on any atom is 0.178 e. The van der Waals surface area contributed by atoms with Gasteiger partial charge in [-0.2, -0.15) is 0 Å². The molecule has 1 aliphatic rings. The SMILES string of the molecule is CCc1nc(-c2cccc(CCS(=O)(=O)c3ccccc3)c2)c(-c2ccnc(Cc3ccc(N4CCN(CCS(C)(=O)=O)CC4)c(F)c3)n2)s1. The fraction of sp³-hybridized carbons (Fsp3) is 0.324. The minimum Gasteiger partial charge on any atom is -0.367 e. The van der Waals surface area contributed by atoms with Gasteiger partial charge in [-0.25, -0.2) is 36.2 Å². The summed E-state index contributed by atoms with van der Waals surface area (Å²) in [4.78, 5) is 19.6. The first-order valence-electron chi connectivity index (χ1n) is 16.6. The maximum atomic E-state index is 15.4. The fourth-order valence-corrected chi connectivity index (χ4v) is 8.87. The van der Waals surface area contributed by atoms with Gasteiger partial charge in [0.05, 0.1) is 43.4 Å². The van der Waals surface area contributed by atoms with Crippen molar-refractivity contribution in [1.29, 1.82) is 0 Å². The molecule has 0 bridgehead atoms. The summed E-state index contributed by atoms with van der Waals surface area (Å²) in [5, 5.41) is 0.959. The number of anilines is 1. The minimum absolute atomic E-state index is 0.00534. The van der Waals surface area contributed by atoms with Crippen LogP contribution in [-0.2, 0) is 38.9 Å². The van der Waals surface area contributed by atoms with Crippen LogP contribution in [0.25, 0.3) is 21.8 Å². The van der Waals surface area contributed by atoms with Crippen LogP contribution in [0.2, 0.25) is 0 Å². The molecular weight excluding hydrogens is 694 g/mol. The zero-order chi connectivity index (χ0) is 35.3. The predicted molar refractivity (Wildman–Crippen MR) is 198 cm³/mol. The van der Waals surface area contributed by atoms with Gasteiger partial charge in [0.15, 0.2) is 9.84 Å². The molecule has 6 rings (SSSR count). The van der Waals surface area contributed by atoms with Crippen molar-refractivity contribution in [2.45, 2.75) is 31.1 Å². The van der Waals surface area contributed by atoms with Crippen molar-refractivity contribution in [3.8, 4) is 21.8 Å². The first kappa shape index (κ1) is 35.8. The third kappa shape index (κ3) is 9.00. The summed E-state index contributed by atoms with van der Waals surface area (Å²) in [7, 11) is -6.43. The minimum atomic E-state index is -3.41. The molecule has 5 aromatic rings. The van der Waals surface area contributed by atoms with Crippen LogP contribution in [0.5, 0.6) is 0 Å². The molecule has 1 saturated heterocycles. The number of piperazine rings is 1. The summed E-state index contributed by atoms with van der Waals surface area (Å²) in [5.74, 6) is 0.384. The van der Waals surface area contributed by atoms with Crippen molar-refractivity contribution in [2.24, 2.45) is 0 Å². The van der Waals surface area contributed by atoms with Crippen LogP contribution in [0.4, 0.5) is 10.1 Å². The lowest BCUT2D eigenvalue weighted by molar-refractivity contribution is 0.271. The van der Waals surface area contributed by atoms with E-state index in [1.54, 1.807) is 53.9 Å².